The van der Waals surface area contributed by atoms with Crippen molar-refractivity contribution < 1.29 is 4.92 Å². The summed E-state index contributed by atoms with van der Waals surface area (Å²) in [4.78, 5) is 12.6. The maximum absolute atomic E-state index is 10.9. The van der Waals surface area contributed by atoms with Crippen molar-refractivity contribution in [1.82, 2.24) is 0 Å². The predicted octanol–water partition coefficient (Wildman–Crippen LogP) is 3.12. The number of rotatable bonds is 6. The number of hydrogen-bond donors (Lipinski definition) is 1. The van der Waals surface area contributed by atoms with E-state index in [1.807, 2.05) is 13.1 Å². The van der Waals surface area contributed by atoms with Gasteiger partial charge >= 0.3 is 0 Å². The van der Waals surface area contributed by atoms with Gasteiger partial charge in [-0.15, -0.1) is 0 Å². The second kappa shape index (κ2) is 6.23. The molecule has 0 heterocycles. The summed E-state index contributed by atoms with van der Waals surface area (Å²) < 4.78 is 0. The first-order valence-electron chi connectivity index (χ1n) is 6.16. The van der Waals surface area contributed by atoms with E-state index in [1.165, 1.54) is 0 Å². The van der Waals surface area contributed by atoms with Crippen molar-refractivity contribution in [3.8, 4) is 0 Å². The van der Waals surface area contributed by atoms with Crippen molar-refractivity contribution in [3.05, 3.63) is 28.3 Å². The van der Waals surface area contributed by atoms with Crippen LogP contribution < -0.4 is 10.2 Å². The molecular formula is C13H21N3O2. The van der Waals surface area contributed by atoms with Gasteiger partial charge in [-0.05, 0) is 12.0 Å². The molecule has 1 aromatic carbocycles. The van der Waals surface area contributed by atoms with Crippen LogP contribution in [0, 0.1) is 16.0 Å². The van der Waals surface area contributed by atoms with Crippen LogP contribution in [0.25, 0.3) is 0 Å². The summed E-state index contributed by atoms with van der Waals surface area (Å²) >= 11 is 0. The SMILES string of the molecule is CCC(C)CN(C)c1cc(NC)cc([N+](=O)[O-])c1. The van der Waals surface area contributed by atoms with Crippen molar-refractivity contribution in [3.63, 3.8) is 0 Å². The number of nitro benzene ring substituents is 1. The second-order valence-electron chi connectivity index (χ2n) is 4.64. The Morgan fingerprint density at radius 1 is 1.44 bits per heavy atom. The molecule has 0 amide bonds. The van der Waals surface area contributed by atoms with Gasteiger partial charge in [0.05, 0.1) is 4.92 Å². The van der Waals surface area contributed by atoms with E-state index in [-0.39, 0.29) is 10.6 Å². The number of nitrogens with zero attached hydrogens (tertiary/aromatic N) is 2. The third kappa shape index (κ3) is 3.61. The highest BCUT2D eigenvalue weighted by Gasteiger charge is 2.13. The zero-order valence-electron chi connectivity index (χ0n) is 11.4. The van der Waals surface area contributed by atoms with Crippen molar-refractivity contribution in [1.29, 1.82) is 0 Å². The lowest BCUT2D eigenvalue weighted by Crippen LogP contribution is -2.23. The van der Waals surface area contributed by atoms with E-state index < -0.39 is 0 Å². The highest BCUT2D eigenvalue weighted by Crippen LogP contribution is 2.26. The van der Waals surface area contributed by atoms with E-state index in [2.05, 4.69) is 24.1 Å². The van der Waals surface area contributed by atoms with Gasteiger partial charge < -0.3 is 10.2 Å². The molecule has 0 aromatic heterocycles. The van der Waals surface area contributed by atoms with Crippen LogP contribution in [0.15, 0.2) is 18.2 Å². The van der Waals surface area contributed by atoms with Gasteiger partial charge in [-0.3, -0.25) is 10.1 Å². The van der Waals surface area contributed by atoms with Crippen LogP contribution in [0.1, 0.15) is 20.3 Å². The van der Waals surface area contributed by atoms with Crippen molar-refractivity contribution in [2.24, 2.45) is 5.92 Å². The molecule has 5 heteroatoms. The van der Waals surface area contributed by atoms with Gasteiger partial charge in [0.15, 0.2) is 0 Å². The van der Waals surface area contributed by atoms with Crippen LogP contribution in [0.5, 0.6) is 0 Å². The molecule has 0 bridgehead atoms. The van der Waals surface area contributed by atoms with Crippen LogP contribution in [0.4, 0.5) is 17.1 Å². The Labute approximate surface area is 108 Å². The van der Waals surface area contributed by atoms with E-state index >= 15 is 0 Å². The molecule has 0 aliphatic heterocycles. The summed E-state index contributed by atoms with van der Waals surface area (Å²) in [7, 11) is 3.72. The molecule has 1 atom stereocenters. The molecular weight excluding hydrogens is 230 g/mol. The van der Waals surface area contributed by atoms with Gasteiger partial charge in [-0.2, -0.15) is 0 Å². The van der Waals surface area contributed by atoms with E-state index in [0.717, 1.165) is 24.3 Å². The Bertz CT molecular complexity index is 421. The minimum atomic E-state index is -0.360. The van der Waals surface area contributed by atoms with E-state index in [9.17, 15) is 10.1 Å². The standard InChI is InChI=1S/C13H21N3O2/c1-5-10(2)9-15(4)12-6-11(14-3)7-13(8-12)16(17)18/h6-8,10,14H,5,9H2,1-4H3. The lowest BCUT2D eigenvalue weighted by atomic mass is 10.1. The molecule has 1 rings (SSSR count). The molecule has 0 spiro atoms. The molecule has 1 N–H and O–H groups in total. The lowest BCUT2D eigenvalue weighted by molar-refractivity contribution is -0.384. The summed E-state index contributed by atoms with van der Waals surface area (Å²) in [6.45, 7) is 5.21. The van der Waals surface area contributed by atoms with Gasteiger partial charge in [0.25, 0.3) is 5.69 Å². The van der Waals surface area contributed by atoms with Gasteiger partial charge in [0.2, 0.25) is 0 Å². The van der Waals surface area contributed by atoms with E-state index in [0.29, 0.717) is 5.92 Å². The van der Waals surface area contributed by atoms with Crippen LogP contribution in [0.3, 0.4) is 0 Å². The molecule has 0 aliphatic rings. The van der Waals surface area contributed by atoms with E-state index in [4.69, 9.17) is 0 Å². The number of nitro groups is 1. The smallest absolute Gasteiger partial charge is 0.273 e. The van der Waals surface area contributed by atoms with Gasteiger partial charge in [-0.1, -0.05) is 20.3 Å². The highest BCUT2D eigenvalue weighted by molar-refractivity contribution is 5.64. The summed E-state index contributed by atoms with van der Waals surface area (Å²) in [6, 6.07) is 5.08. The molecule has 100 valence electrons. The quantitative estimate of drug-likeness (QED) is 0.623. The largest absolute Gasteiger partial charge is 0.388 e. The number of non-ortho nitro benzene ring substituents is 1. The first-order chi connectivity index (χ1) is 8.47. The first kappa shape index (κ1) is 14.3. The highest BCUT2D eigenvalue weighted by atomic mass is 16.6. The zero-order valence-corrected chi connectivity index (χ0v) is 11.4. The molecule has 1 aromatic rings. The molecule has 0 radical (unpaired) electrons. The fourth-order valence-corrected chi connectivity index (χ4v) is 1.77. The summed E-state index contributed by atoms with van der Waals surface area (Å²) in [5, 5.41) is 13.8. The van der Waals surface area contributed by atoms with Gasteiger partial charge in [0.1, 0.15) is 0 Å². The molecule has 18 heavy (non-hydrogen) atoms. The lowest BCUT2D eigenvalue weighted by Gasteiger charge is -2.23. The number of nitrogens with one attached hydrogen (secondary N) is 1. The Morgan fingerprint density at radius 3 is 2.61 bits per heavy atom. The third-order valence-electron chi connectivity index (χ3n) is 3.13. The number of anilines is 2. The zero-order chi connectivity index (χ0) is 13.7. The van der Waals surface area contributed by atoms with Gasteiger partial charge in [-0.25, -0.2) is 0 Å². The van der Waals surface area contributed by atoms with Crippen molar-refractivity contribution >= 4 is 17.1 Å². The minimum absolute atomic E-state index is 0.118. The molecule has 0 saturated heterocycles. The molecule has 5 nitrogen and oxygen atoms in total. The molecule has 0 fully saturated rings. The Kier molecular flexibility index (Phi) is 4.95. The number of hydrogen-bond acceptors (Lipinski definition) is 4. The third-order valence-corrected chi connectivity index (χ3v) is 3.13. The van der Waals surface area contributed by atoms with Crippen molar-refractivity contribution in [2.45, 2.75) is 20.3 Å². The Hall–Kier alpha value is -1.78. The normalized spacial score (nSPS) is 12.0. The molecule has 0 aliphatic carbocycles. The predicted molar refractivity (Wildman–Crippen MR) is 75.4 cm³/mol. The summed E-state index contributed by atoms with van der Waals surface area (Å²) in [5.41, 5.74) is 1.75. The molecule has 0 saturated carbocycles. The fourth-order valence-electron chi connectivity index (χ4n) is 1.77. The maximum Gasteiger partial charge on any atom is 0.273 e. The number of benzene rings is 1. The van der Waals surface area contributed by atoms with Crippen LogP contribution >= 0.6 is 0 Å². The molecule has 1 unspecified atom stereocenters. The fraction of sp³-hybridized carbons (Fsp3) is 0.538. The van der Waals surface area contributed by atoms with Crippen LogP contribution in [0.2, 0.25) is 0 Å². The Morgan fingerprint density at radius 2 is 2.11 bits per heavy atom. The van der Waals surface area contributed by atoms with Crippen LogP contribution in [-0.4, -0.2) is 25.6 Å². The summed E-state index contributed by atoms with van der Waals surface area (Å²) in [6.07, 6.45) is 1.10. The van der Waals surface area contributed by atoms with Crippen LogP contribution in [-0.2, 0) is 0 Å². The average Bonchev–Trinajstić information content (AvgIpc) is 2.37. The topological polar surface area (TPSA) is 58.4 Å². The average molecular weight is 251 g/mol. The monoisotopic (exact) mass is 251 g/mol. The van der Waals surface area contributed by atoms with E-state index in [1.54, 1.807) is 19.2 Å². The Balaban J connectivity index is 3.00. The maximum atomic E-state index is 10.9. The summed E-state index contributed by atoms with van der Waals surface area (Å²) in [5.74, 6) is 0.562. The van der Waals surface area contributed by atoms with Crippen molar-refractivity contribution in [2.75, 3.05) is 30.9 Å². The second-order valence-corrected chi connectivity index (χ2v) is 4.64. The first-order valence-corrected chi connectivity index (χ1v) is 6.16. The van der Waals surface area contributed by atoms with Gasteiger partial charge in [0, 0.05) is 44.1 Å². The minimum Gasteiger partial charge on any atom is -0.388 e.